The van der Waals surface area contributed by atoms with Gasteiger partial charge in [0.2, 0.25) is 0 Å². The van der Waals surface area contributed by atoms with Crippen molar-refractivity contribution in [2.24, 2.45) is 0 Å². The van der Waals surface area contributed by atoms with Crippen LogP contribution in [0.25, 0.3) is 11.7 Å². The van der Waals surface area contributed by atoms with E-state index in [4.69, 9.17) is 0 Å². The molecule has 3 rings (SSSR count). The van der Waals surface area contributed by atoms with E-state index in [1.54, 1.807) is 0 Å². The van der Waals surface area contributed by atoms with Crippen molar-refractivity contribution in [2.45, 2.75) is 20.3 Å². The van der Waals surface area contributed by atoms with E-state index in [0.29, 0.717) is 0 Å². The Morgan fingerprint density at radius 3 is 2.75 bits per heavy atom. The van der Waals surface area contributed by atoms with E-state index < -0.39 is 0 Å². The Hall–Kier alpha value is -2.42. The number of benzene rings is 1. The van der Waals surface area contributed by atoms with Gasteiger partial charge in [-0.3, -0.25) is 4.98 Å². The van der Waals surface area contributed by atoms with Gasteiger partial charge in [0.15, 0.2) is 5.65 Å². The number of hydrogen-bond donors (Lipinski definition) is 0. The lowest BCUT2D eigenvalue weighted by atomic mass is 10.1. The maximum Gasteiger partial charge on any atom is 0.163 e. The quantitative estimate of drug-likeness (QED) is 0.722. The Kier molecular flexibility index (Phi) is 3.33. The molecule has 3 nitrogen and oxygen atoms in total. The Morgan fingerprint density at radius 1 is 1.15 bits per heavy atom. The molecule has 0 saturated carbocycles. The summed E-state index contributed by atoms with van der Waals surface area (Å²) in [7, 11) is 0. The van der Waals surface area contributed by atoms with E-state index in [-0.39, 0.29) is 0 Å². The monoisotopic (exact) mass is 263 g/mol. The highest BCUT2D eigenvalue weighted by atomic mass is 15.0. The molecule has 0 N–H and O–H groups in total. The first kappa shape index (κ1) is 12.6. The number of imidazole rings is 1. The fourth-order valence-corrected chi connectivity index (χ4v) is 2.27. The predicted octanol–water partition coefficient (Wildman–Crippen LogP) is 3.60. The fourth-order valence-electron chi connectivity index (χ4n) is 2.27. The number of nitrogens with zero attached hydrogens (tertiary/aromatic N) is 3. The molecular weight excluding hydrogens is 246 g/mol. The first-order valence-electron chi connectivity index (χ1n) is 6.76. The standard InChI is InChI=1S/C17H17N3/c1-13-14(2)20-12-11-18-16(17(20)19-13)10-6-9-15-7-4-3-5-8-15/h3-8,10-12H,9H2,1-2H3/b10-6+. The first-order valence-corrected chi connectivity index (χ1v) is 6.76. The summed E-state index contributed by atoms with van der Waals surface area (Å²) < 4.78 is 2.09. The lowest BCUT2D eigenvalue weighted by Crippen LogP contribution is -1.92. The normalized spacial score (nSPS) is 11.5. The summed E-state index contributed by atoms with van der Waals surface area (Å²) >= 11 is 0. The van der Waals surface area contributed by atoms with Crippen molar-refractivity contribution < 1.29 is 0 Å². The Bertz CT molecular complexity index is 755. The van der Waals surface area contributed by atoms with E-state index in [2.05, 4.69) is 51.6 Å². The van der Waals surface area contributed by atoms with E-state index in [1.165, 1.54) is 11.3 Å². The van der Waals surface area contributed by atoms with E-state index in [1.807, 2.05) is 31.5 Å². The smallest absolute Gasteiger partial charge is 0.163 e. The SMILES string of the molecule is Cc1nc2c(/C=C/Cc3ccccc3)nccn2c1C. The zero-order chi connectivity index (χ0) is 13.9. The molecule has 0 spiro atoms. The van der Waals surface area contributed by atoms with E-state index in [0.717, 1.165) is 23.5 Å². The predicted molar refractivity (Wildman–Crippen MR) is 81.6 cm³/mol. The summed E-state index contributed by atoms with van der Waals surface area (Å²) in [6.45, 7) is 4.10. The molecule has 20 heavy (non-hydrogen) atoms. The van der Waals surface area contributed by atoms with Gasteiger partial charge in [-0.05, 0) is 31.9 Å². The molecule has 2 heterocycles. The molecular formula is C17H17N3. The van der Waals surface area contributed by atoms with Crippen LogP contribution in [0, 0.1) is 13.8 Å². The molecule has 1 aromatic carbocycles. The molecule has 100 valence electrons. The second-order valence-corrected chi connectivity index (χ2v) is 4.88. The van der Waals surface area contributed by atoms with Crippen LogP contribution in [0.4, 0.5) is 0 Å². The van der Waals surface area contributed by atoms with Gasteiger partial charge in [0.1, 0.15) is 5.69 Å². The van der Waals surface area contributed by atoms with Crippen molar-refractivity contribution in [1.82, 2.24) is 14.4 Å². The number of aromatic nitrogens is 3. The van der Waals surface area contributed by atoms with Gasteiger partial charge in [-0.15, -0.1) is 0 Å². The van der Waals surface area contributed by atoms with Crippen LogP contribution in [0.5, 0.6) is 0 Å². The molecule has 0 fully saturated rings. The second-order valence-electron chi connectivity index (χ2n) is 4.88. The third-order valence-corrected chi connectivity index (χ3v) is 3.52. The summed E-state index contributed by atoms with van der Waals surface area (Å²) in [6, 6.07) is 10.4. The molecule has 0 atom stereocenters. The molecule has 2 aromatic heterocycles. The maximum absolute atomic E-state index is 4.59. The van der Waals surface area contributed by atoms with Crippen LogP contribution in [0.1, 0.15) is 22.6 Å². The summed E-state index contributed by atoms with van der Waals surface area (Å²) in [6.07, 6.45) is 8.87. The van der Waals surface area contributed by atoms with E-state index >= 15 is 0 Å². The molecule has 0 aliphatic rings. The Morgan fingerprint density at radius 2 is 1.95 bits per heavy atom. The van der Waals surface area contributed by atoms with Crippen LogP contribution in [0.3, 0.4) is 0 Å². The topological polar surface area (TPSA) is 30.2 Å². The van der Waals surface area contributed by atoms with Crippen LogP contribution < -0.4 is 0 Å². The van der Waals surface area contributed by atoms with Crippen LogP contribution >= 0.6 is 0 Å². The highest BCUT2D eigenvalue weighted by Crippen LogP contribution is 2.14. The number of rotatable bonds is 3. The highest BCUT2D eigenvalue weighted by molar-refractivity contribution is 5.63. The molecule has 0 saturated heterocycles. The van der Waals surface area contributed by atoms with Gasteiger partial charge in [-0.25, -0.2) is 4.98 Å². The summed E-state index contributed by atoms with van der Waals surface area (Å²) in [5.74, 6) is 0. The molecule has 0 radical (unpaired) electrons. The molecule has 0 unspecified atom stereocenters. The van der Waals surface area contributed by atoms with Gasteiger partial charge < -0.3 is 4.40 Å². The minimum absolute atomic E-state index is 0.905. The highest BCUT2D eigenvalue weighted by Gasteiger charge is 2.07. The number of fused-ring (bicyclic) bond motifs is 1. The average Bonchev–Trinajstić information content (AvgIpc) is 2.77. The summed E-state index contributed by atoms with van der Waals surface area (Å²) in [5, 5.41) is 0. The molecule has 0 amide bonds. The van der Waals surface area contributed by atoms with E-state index in [9.17, 15) is 0 Å². The third-order valence-electron chi connectivity index (χ3n) is 3.52. The van der Waals surface area contributed by atoms with Crippen LogP contribution in [-0.4, -0.2) is 14.4 Å². The number of allylic oxidation sites excluding steroid dienone is 1. The van der Waals surface area contributed by atoms with Gasteiger partial charge in [0.05, 0.1) is 5.69 Å². The van der Waals surface area contributed by atoms with Gasteiger partial charge >= 0.3 is 0 Å². The van der Waals surface area contributed by atoms with Crippen molar-refractivity contribution in [3.05, 3.63) is 71.4 Å². The number of aryl methyl sites for hydroxylation is 2. The third kappa shape index (κ3) is 2.35. The zero-order valence-corrected chi connectivity index (χ0v) is 11.7. The van der Waals surface area contributed by atoms with Crippen molar-refractivity contribution in [1.29, 1.82) is 0 Å². The number of hydrogen-bond acceptors (Lipinski definition) is 2. The van der Waals surface area contributed by atoms with Crippen LogP contribution in [0.15, 0.2) is 48.8 Å². The zero-order valence-electron chi connectivity index (χ0n) is 11.7. The first-order chi connectivity index (χ1) is 9.75. The Balaban J connectivity index is 1.89. The van der Waals surface area contributed by atoms with Gasteiger partial charge in [0, 0.05) is 18.1 Å². The maximum atomic E-state index is 4.59. The molecule has 0 bridgehead atoms. The minimum Gasteiger partial charge on any atom is -0.301 e. The van der Waals surface area contributed by atoms with Crippen molar-refractivity contribution in [2.75, 3.05) is 0 Å². The van der Waals surface area contributed by atoms with Gasteiger partial charge in [-0.1, -0.05) is 36.4 Å². The van der Waals surface area contributed by atoms with Gasteiger partial charge in [-0.2, -0.15) is 0 Å². The summed E-state index contributed by atoms with van der Waals surface area (Å²) in [5.41, 5.74) is 5.36. The molecule has 0 aliphatic carbocycles. The molecule has 3 aromatic rings. The van der Waals surface area contributed by atoms with Crippen molar-refractivity contribution in [3.8, 4) is 0 Å². The van der Waals surface area contributed by atoms with Crippen molar-refractivity contribution >= 4 is 11.7 Å². The lowest BCUT2D eigenvalue weighted by Gasteiger charge is -1.99. The molecule has 3 heteroatoms. The van der Waals surface area contributed by atoms with Gasteiger partial charge in [0.25, 0.3) is 0 Å². The molecule has 0 aliphatic heterocycles. The average molecular weight is 263 g/mol. The lowest BCUT2D eigenvalue weighted by molar-refractivity contribution is 1.06. The second kappa shape index (κ2) is 5.29. The minimum atomic E-state index is 0.905. The fraction of sp³-hybridized carbons (Fsp3) is 0.176. The Labute approximate surface area is 118 Å². The van der Waals surface area contributed by atoms with Crippen LogP contribution in [0.2, 0.25) is 0 Å². The summed E-state index contributed by atoms with van der Waals surface area (Å²) in [4.78, 5) is 9.01. The van der Waals surface area contributed by atoms with Crippen molar-refractivity contribution in [3.63, 3.8) is 0 Å². The largest absolute Gasteiger partial charge is 0.301 e. The van der Waals surface area contributed by atoms with Crippen LogP contribution in [-0.2, 0) is 6.42 Å².